The maximum atomic E-state index is 14.1. The highest BCUT2D eigenvalue weighted by Gasteiger charge is 2.57. The number of nitriles is 4. The number of amides is 4. The van der Waals surface area contributed by atoms with Crippen LogP contribution in [0.3, 0.4) is 0 Å². The number of ether oxygens (including phenoxy) is 4. The van der Waals surface area contributed by atoms with Crippen molar-refractivity contribution in [2.45, 2.75) is 185 Å². The summed E-state index contributed by atoms with van der Waals surface area (Å²) in [6, 6.07) is 24.1. The van der Waals surface area contributed by atoms with Crippen LogP contribution < -0.4 is 28.7 Å². The normalized spacial score (nSPS) is 26.9. The second-order valence-corrected chi connectivity index (χ2v) is 28.5. The molecule has 2 unspecified atom stereocenters. The van der Waals surface area contributed by atoms with Crippen LogP contribution in [0.25, 0.3) is 0 Å². The third-order valence-corrected chi connectivity index (χ3v) is 19.9. The summed E-state index contributed by atoms with van der Waals surface area (Å²) in [6.07, 6.45) is -1.45. The maximum absolute atomic E-state index is 14.1. The van der Waals surface area contributed by atoms with E-state index in [9.17, 15) is 59.1 Å². The number of rotatable bonds is 12. The van der Waals surface area contributed by atoms with Crippen LogP contribution in [-0.2, 0) is 46.4 Å². The van der Waals surface area contributed by atoms with Gasteiger partial charge in [-0.3, -0.25) is 28.3 Å². The molecule has 0 saturated carbocycles. The van der Waals surface area contributed by atoms with E-state index in [4.69, 9.17) is 37.0 Å². The maximum Gasteiger partial charge on any atom is 0.268 e. The smallest absolute Gasteiger partial charge is 0.268 e. The second kappa shape index (κ2) is 26.3. The van der Waals surface area contributed by atoms with Crippen LogP contribution in [0.1, 0.15) is 183 Å². The molecule has 8 aliphatic rings. The number of phosphoric acid groups is 2. The summed E-state index contributed by atoms with van der Waals surface area (Å²) in [5.41, 5.74) is -1.86. The Morgan fingerprint density at radius 1 is 0.409 bits per heavy atom. The van der Waals surface area contributed by atoms with Gasteiger partial charge in [0.25, 0.3) is 15.6 Å². The highest BCUT2D eigenvalue weighted by Crippen LogP contribution is 2.59. The van der Waals surface area contributed by atoms with Crippen LogP contribution in [0.5, 0.6) is 23.0 Å². The van der Waals surface area contributed by atoms with Gasteiger partial charge in [-0.05, 0) is 154 Å². The van der Waals surface area contributed by atoms with Crippen molar-refractivity contribution in [3.8, 4) is 47.3 Å². The first-order valence-corrected chi connectivity index (χ1v) is 32.9. The highest BCUT2D eigenvalue weighted by molar-refractivity contribution is 7.46. The van der Waals surface area contributed by atoms with Gasteiger partial charge in [-0.25, -0.2) is 0 Å². The van der Waals surface area contributed by atoms with Crippen molar-refractivity contribution in [2.75, 3.05) is 26.2 Å². The van der Waals surface area contributed by atoms with Crippen molar-refractivity contribution in [2.24, 2.45) is 0 Å². The third-order valence-electron chi connectivity index (χ3n) is 18.0. The fourth-order valence-corrected chi connectivity index (χ4v) is 16.5. The molecule has 12 rings (SSSR count). The van der Waals surface area contributed by atoms with E-state index >= 15 is 0 Å². The molecule has 4 amide bonds. The molecule has 4 aromatic carbocycles. The Labute approximate surface area is 543 Å². The summed E-state index contributed by atoms with van der Waals surface area (Å²) < 4.78 is 76.7. The number of phosphoric ester groups is 2. The van der Waals surface area contributed by atoms with Gasteiger partial charge in [0.05, 0.1) is 70.7 Å². The lowest BCUT2D eigenvalue weighted by Gasteiger charge is -2.51. The van der Waals surface area contributed by atoms with Crippen molar-refractivity contribution < 1.29 is 75.1 Å². The molecule has 0 aromatic heterocycles. The van der Waals surface area contributed by atoms with Gasteiger partial charge >= 0.3 is 0 Å². The zero-order valence-electron chi connectivity index (χ0n) is 53.0. The number of carbonyl (C=O) groups excluding carboxylic acids is 4. The Morgan fingerprint density at radius 3 is 0.763 bits per heavy atom. The monoisotopic (exact) mass is 1310 g/mol. The van der Waals surface area contributed by atoms with Gasteiger partial charge < -0.3 is 66.4 Å². The van der Waals surface area contributed by atoms with E-state index < -0.39 is 86.6 Å². The van der Waals surface area contributed by atoms with E-state index in [0.29, 0.717) is 145 Å². The summed E-state index contributed by atoms with van der Waals surface area (Å²) in [6.45, 7) is 14.9. The van der Waals surface area contributed by atoms with Crippen LogP contribution in [-0.4, -0.2) is 116 Å². The number of likely N-dealkylation sites (tertiary alicyclic amines) is 4. The van der Waals surface area contributed by atoms with E-state index in [2.05, 4.69) is 24.3 Å². The molecular weight excluding hydrogens is 1230 g/mol. The molecule has 0 aliphatic carbocycles. The van der Waals surface area contributed by atoms with Gasteiger partial charge in [-0.15, -0.1) is 0 Å². The molecule has 4 aromatic rings. The molecule has 93 heavy (non-hydrogen) atoms. The van der Waals surface area contributed by atoms with Gasteiger partial charge in [-0.1, -0.05) is 7.43 Å². The lowest BCUT2D eigenvalue weighted by molar-refractivity contribution is -0.253. The lowest BCUT2D eigenvalue weighted by atomic mass is 9.85. The van der Waals surface area contributed by atoms with Crippen molar-refractivity contribution in [1.29, 1.82) is 21.0 Å². The molecule has 10 atom stereocenters. The first kappa shape index (κ1) is 70.7. The van der Waals surface area contributed by atoms with E-state index in [1.807, 2.05) is 0 Å². The van der Waals surface area contributed by atoms with Crippen LogP contribution in [0.15, 0.2) is 72.8 Å². The van der Waals surface area contributed by atoms with Crippen LogP contribution in [0.2, 0.25) is 0 Å². The lowest BCUT2D eigenvalue weighted by Crippen LogP contribution is -2.57. The molecule has 0 spiro atoms. The summed E-state index contributed by atoms with van der Waals surface area (Å²) in [4.78, 5) is 86.7. The van der Waals surface area contributed by atoms with Gasteiger partial charge in [0.1, 0.15) is 69.8 Å². The standard InChI is InChI=1S/2C32H35N4O8P.CH4.2CH3/c2*1-31(2)29(27(35-13-5-7-25(35)37)21-15-19(17-33)9-11-23(21)41-31)43-45(39,40)44-30-28(36-14-6-8-26(36)38)22-16-20(18-34)10-12-24(22)42-32(30,3)4;;;/h2*9-12,15-16,27-30H,5-8,13-14H2,1-4H3,(H,39,40);1H4;2*1H3/q;;;2*+1/p-2/t27-,28+,29+,30-;27-,28+,29-,30+;;;. The van der Waals surface area contributed by atoms with Crippen LogP contribution in [0.4, 0.5) is 0 Å². The Kier molecular flexibility index (Phi) is 20.0. The van der Waals surface area contributed by atoms with Gasteiger partial charge in [0, 0.05) is 89.0 Å². The molecule has 26 heteroatoms. The fraction of sp³-hybridized carbons (Fsp3) is 0.493. The summed E-state index contributed by atoms with van der Waals surface area (Å²) in [5.74, 6) is 1.02. The summed E-state index contributed by atoms with van der Waals surface area (Å²) >= 11 is 0. The van der Waals surface area contributed by atoms with Crippen LogP contribution >= 0.6 is 15.6 Å². The zero-order valence-corrected chi connectivity index (χ0v) is 54.8. The van der Waals surface area contributed by atoms with Crippen molar-refractivity contribution in [3.63, 3.8) is 0 Å². The summed E-state index contributed by atoms with van der Waals surface area (Å²) in [5, 5.41) is 38.4. The van der Waals surface area contributed by atoms with Crippen molar-refractivity contribution in [1.82, 2.24) is 19.6 Å². The Balaban J connectivity index is 0.000000231. The van der Waals surface area contributed by atoms with Crippen molar-refractivity contribution in [3.05, 3.63) is 132 Å². The first-order chi connectivity index (χ1) is 42.5. The molecule has 8 heterocycles. The number of hydrogen-bond donors (Lipinski definition) is 0. The van der Waals surface area contributed by atoms with E-state index in [1.165, 1.54) is 0 Å². The molecule has 492 valence electrons. The first-order valence-electron chi connectivity index (χ1n) is 29.9. The molecule has 4 saturated heterocycles. The molecular formula is C67H78N8O16P2. The molecule has 8 aliphatic heterocycles. The predicted molar refractivity (Wildman–Crippen MR) is 332 cm³/mol. The average Bonchev–Trinajstić information content (AvgIpc) is 1.65. The Morgan fingerprint density at radius 2 is 0.602 bits per heavy atom. The van der Waals surface area contributed by atoms with Crippen molar-refractivity contribution >= 4 is 39.3 Å². The molecule has 0 N–H and O–H groups in total. The molecule has 0 radical (unpaired) electrons. The topological polar surface area (TPSA) is 330 Å². The van der Waals surface area contributed by atoms with E-state index in [1.54, 1.807) is 148 Å². The molecule has 24 nitrogen and oxygen atoms in total. The van der Waals surface area contributed by atoms with E-state index in [0.717, 1.165) is 0 Å². The molecule has 0 bridgehead atoms. The Hall–Kier alpha value is -8.12. The second-order valence-electron chi connectivity index (χ2n) is 25.8. The number of carbonyl (C=O) groups is 4. The molecule has 4 fully saturated rings. The summed E-state index contributed by atoms with van der Waals surface area (Å²) in [7, 11) is -10.5. The average molecular weight is 1310 g/mol. The SMILES string of the molecule is C.CC1(C)Oc2ccc(C#N)cc2[C@@H](N2CCCC2=O)[C@H]1OP(=O)([O-])O[C@H]1[C@@H](N2CCCC2=O)c2cc(C#N)ccc2OC1(C)C.CC1(C)Oc2ccc(C#N)cc2[C@H](N2CCCC2=O)[C@H]1OP(=O)([O-])O[C@H]1[C@H](N2CCCC2=O)c2cc(C#N)ccc2OC1(C)C.[CH3+].[CH3+]. The number of benzene rings is 4. The number of fused-ring (bicyclic) bond motifs is 4. The quantitative estimate of drug-likeness (QED) is 0.0940. The van der Waals surface area contributed by atoms with Gasteiger partial charge in [0.2, 0.25) is 23.6 Å². The third kappa shape index (κ3) is 13.5. The minimum Gasteiger partial charge on any atom is -0.756 e. The fourth-order valence-electron chi connectivity index (χ4n) is 13.8. The van der Waals surface area contributed by atoms with E-state index in [-0.39, 0.29) is 45.9 Å². The minimum atomic E-state index is -5.26. The van der Waals surface area contributed by atoms with Gasteiger partial charge in [0.15, 0.2) is 0 Å². The van der Waals surface area contributed by atoms with Gasteiger partial charge in [-0.2, -0.15) is 21.0 Å². The number of hydrogen-bond acceptors (Lipinski definition) is 20. The Bertz CT molecular complexity index is 3400. The minimum absolute atomic E-state index is 0. The van der Waals surface area contributed by atoms with Crippen LogP contribution in [0, 0.1) is 60.2 Å². The number of nitrogens with zero attached hydrogens (tertiary/aromatic N) is 8. The zero-order chi connectivity index (χ0) is 64.6. The predicted octanol–water partition coefficient (Wildman–Crippen LogP) is 9.61. The highest BCUT2D eigenvalue weighted by atomic mass is 31.2. The largest absolute Gasteiger partial charge is 0.756 e.